The minimum atomic E-state index is -0.482. The van der Waals surface area contributed by atoms with Crippen molar-refractivity contribution in [3.8, 4) is 0 Å². The fraction of sp³-hybridized carbons (Fsp3) is 0.611. The van der Waals surface area contributed by atoms with Crippen molar-refractivity contribution in [1.82, 2.24) is 4.90 Å². The Hall–Kier alpha value is -1.75. The molecule has 5 nitrogen and oxygen atoms in total. The molecule has 5 heteroatoms. The van der Waals surface area contributed by atoms with E-state index >= 15 is 0 Å². The van der Waals surface area contributed by atoms with Gasteiger partial charge in [0.2, 0.25) is 0 Å². The van der Waals surface area contributed by atoms with Crippen molar-refractivity contribution in [2.24, 2.45) is 0 Å². The molecule has 0 aliphatic heterocycles. The third-order valence-electron chi connectivity index (χ3n) is 3.92. The topological polar surface area (TPSA) is 50.8 Å². The van der Waals surface area contributed by atoms with Crippen molar-refractivity contribution in [3.05, 3.63) is 29.8 Å². The predicted octanol–water partition coefficient (Wildman–Crippen LogP) is 3.64. The van der Waals surface area contributed by atoms with Gasteiger partial charge in [-0.15, -0.1) is 0 Å². The molecule has 2 rings (SSSR count). The Balaban J connectivity index is 1.96. The van der Waals surface area contributed by atoms with Crippen molar-refractivity contribution in [3.63, 3.8) is 0 Å². The van der Waals surface area contributed by atoms with Crippen LogP contribution in [0.3, 0.4) is 0 Å². The van der Waals surface area contributed by atoms with Gasteiger partial charge in [-0.3, -0.25) is 0 Å². The van der Waals surface area contributed by atoms with Crippen LogP contribution in [0.25, 0.3) is 0 Å². The van der Waals surface area contributed by atoms with Gasteiger partial charge in [-0.25, -0.2) is 4.79 Å². The van der Waals surface area contributed by atoms with Gasteiger partial charge in [0.05, 0.1) is 12.6 Å². The lowest BCUT2D eigenvalue weighted by Crippen LogP contribution is -2.40. The van der Waals surface area contributed by atoms with Gasteiger partial charge in [-0.1, -0.05) is 18.2 Å². The number of nitrogens with zero attached hydrogens (tertiary/aromatic N) is 1. The number of amides is 1. The highest BCUT2D eigenvalue weighted by atomic mass is 16.6. The SMILES string of the molecule is COC1CC(Nc2ccccc2CN(C)C(=O)OC(C)(C)C)C1. The molecule has 128 valence electrons. The van der Waals surface area contributed by atoms with Crippen LogP contribution in [0.15, 0.2) is 24.3 Å². The van der Waals surface area contributed by atoms with Crippen LogP contribution in [0, 0.1) is 0 Å². The van der Waals surface area contributed by atoms with Crippen LogP contribution in [0.4, 0.5) is 10.5 Å². The van der Waals surface area contributed by atoms with Crippen LogP contribution in [-0.2, 0) is 16.0 Å². The quantitative estimate of drug-likeness (QED) is 0.900. The van der Waals surface area contributed by atoms with Gasteiger partial charge in [-0.05, 0) is 45.2 Å². The maximum Gasteiger partial charge on any atom is 0.410 e. The highest BCUT2D eigenvalue weighted by Crippen LogP contribution is 2.28. The van der Waals surface area contributed by atoms with Crippen LogP contribution >= 0.6 is 0 Å². The number of hydrogen-bond donors (Lipinski definition) is 1. The molecule has 0 bridgehead atoms. The van der Waals surface area contributed by atoms with E-state index in [0.717, 1.165) is 24.1 Å². The lowest BCUT2D eigenvalue weighted by Gasteiger charge is -2.36. The number of benzene rings is 1. The third-order valence-corrected chi connectivity index (χ3v) is 3.92. The predicted molar refractivity (Wildman–Crippen MR) is 91.6 cm³/mol. The average Bonchev–Trinajstić information content (AvgIpc) is 2.42. The number of hydrogen-bond acceptors (Lipinski definition) is 4. The summed E-state index contributed by atoms with van der Waals surface area (Å²) in [4.78, 5) is 13.7. The van der Waals surface area contributed by atoms with Gasteiger partial charge in [0.25, 0.3) is 0 Å². The summed E-state index contributed by atoms with van der Waals surface area (Å²) in [6.45, 7) is 6.13. The number of para-hydroxylation sites is 1. The summed E-state index contributed by atoms with van der Waals surface area (Å²) >= 11 is 0. The standard InChI is InChI=1S/C18H28N2O3/c1-18(2,3)23-17(21)20(4)12-13-8-6-7-9-16(13)19-14-10-15(11-14)22-5/h6-9,14-15,19H,10-12H2,1-5H3. The molecule has 0 saturated heterocycles. The molecule has 0 atom stereocenters. The molecule has 23 heavy (non-hydrogen) atoms. The number of rotatable bonds is 5. The van der Waals surface area contributed by atoms with Crippen molar-refractivity contribution >= 4 is 11.8 Å². The average molecular weight is 320 g/mol. The summed E-state index contributed by atoms with van der Waals surface area (Å²) in [5.41, 5.74) is 1.67. The first-order chi connectivity index (χ1) is 10.8. The van der Waals surface area contributed by atoms with Crippen molar-refractivity contribution in [2.75, 3.05) is 19.5 Å². The number of nitrogens with one attached hydrogen (secondary N) is 1. The summed E-state index contributed by atoms with van der Waals surface area (Å²) in [7, 11) is 3.51. The molecule has 1 amide bonds. The molecular weight excluding hydrogens is 292 g/mol. The van der Waals surface area contributed by atoms with E-state index in [1.165, 1.54) is 0 Å². The minimum absolute atomic E-state index is 0.310. The van der Waals surface area contributed by atoms with Gasteiger partial charge in [0.1, 0.15) is 5.60 Å². The van der Waals surface area contributed by atoms with Gasteiger partial charge in [0, 0.05) is 25.9 Å². The maximum absolute atomic E-state index is 12.1. The Labute approximate surface area is 139 Å². The minimum Gasteiger partial charge on any atom is -0.444 e. The van der Waals surface area contributed by atoms with Crippen molar-refractivity contribution < 1.29 is 14.3 Å². The Bertz CT molecular complexity index is 533. The van der Waals surface area contributed by atoms with Gasteiger partial charge in [0.15, 0.2) is 0 Å². The van der Waals surface area contributed by atoms with Crippen LogP contribution in [-0.4, -0.2) is 42.9 Å². The smallest absolute Gasteiger partial charge is 0.410 e. The van der Waals surface area contributed by atoms with Crippen LogP contribution in [0.1, 0.15) is 39.2 Å². The van der Waals surface area contributed by atoms with E-state index in [4.69, 9.17) is 9.47 Å². The molecule has 1 N–H and O–H groups in total. The van der Waals surface area contributed by atoms with E-state index in [1.54, 1.807) is 19.1 Å². The Morgan fingerprint density at radius 2 is 1.96 bits per heavy atom. The molecule has 1 aromatic rings. The Kier molecular flexibility index (Phi) is 5.52. The van der Waals surface area contributed by atoms with Gasteiger partial charge < -0.3 is 19.7 Å². The lowest BCUT2D eigenvalue weighted by atomic mass is 9.89. The zero-order valence-corrected chi connectivity index (χ0v) is 14.8. The van der Waals surface area contributed by atoms with E-state index in [9.17, 15) is 4.79 Å². The van der Waals surface area contributed by atoms with E-state index in [1.807, 2.05) is 39.0 Å². The fourth-order valence-corrected chi connectivity index (χ4v) is 2.55. The van der Waals surface area contributed by atoms with Gasteiger partial charge in [-0.2, -0.15) is 0 Å². The van der Waals surface area contributed by atoms with E-state index in [2.05, 4.69) is 11.4 Å². The number of methoxy groups -OCH3 is 1. The molecule has 1 aromatic carbocycles. The van der Waals surface area contributed by atoms with E-state index in [0.29, 0.717) is 18.7 Å². The van der Waals surface area contributed by atoms with Gasteiger partial charge >= 0.3 is 6.09 Å². The summed E-state index contributed by atoms with van der Waals surface area (Å²) in [6.07, 6.45) is 2.10. The molecule has 0 aromatic heterocycles. The molecule has 0 unspecified atom stereocenters. The second-order valence-electron chi connectivity index (χ2n) is 7.16. The molecule has 0 heterocycles. The zero-order chi connectivity index (χ0) is 17.0. The second kappa shape index (κ2) is 7.21. The lowest BCUT2D eigenvalue weighted by molar-refractivity contribution is 0.0285. The summed E-state index contributed by atoms with van der Waals surface area (Å²) in [5.74, 6) is 0. The molecule has 1 aliphatic rings. The number of carbonyl (C=O) groups excluding carboxylic acids is 1. The van der Waals surface area contributed by atoms with Crippen LogP contribution < -0.4 is 5.32 Å². The monoisotopic (exact) mass is 320 g/mol. The first kappa shape index (κ1) is 17.6. The van der Waals surface area contributed by atoms with Crippen LogP contribution in [0.2, 0.25) is 0 Å². The van der Waals surface area contributed by atoms with Crippen LogP contribution in [0.5, 0.6) is 0 Å². The normalized spacial score (nSPS) is 20.6. The first-order valence-electron chi connectivity index (χ1n) is 8.10. The highest BCUT2D eigenvalue weighted by molar-refractivity contribution is 5.68. The summed E-state index contributed by atoms with van der Waals surface area (Å²) in [6, 6.07) is 8.52. The number of anilines is 1. The fourth-order valence-electron chi connectivity index (χ4n) is 2.55. The zero-order valence-electron chi connectivity index (χ0n) is 14.8. The molecule has 1 saturated carbocycles. The molecular formula is C18H28N2O3. The van der Waals surface area contributed by atoms with Crippen molar-refractivity contribution in [2.45, 2.75) is 57.9 Å². The summed E-state index contributed by atoms with van der Waals surface area (Å²) < 4.78 is 10.7. The second-order valence-corrected chi connectivity index (χ2v) is 7.16. The maximum atomic E-state index is 12.1. The Morgan fingerprint density at radius 1 is 1.30 bits per heavy atom. The molecule has 1 fully saturated rings. The van der Waals surface area contributed by atoms with Crippen molar-refractivity contribution in [1.29, 1.82) is 0 Å². The molecule has 1 aliphatic carbocycles. The first-order valence-corrected chi connectivity index (χ1v) is 8.10. The molecule has 0 radical (unpaired) electrons. The number of ether oxygens (including phenoxy) is 2. The Morgan fingerprint density at radius 3 is 2.57 bits per heavy atom. The third kappa shape index (κ3) is 5.13. The molecule has 0 spiro atoms. The highest BCUT2D eigenvalue weighted by Gasteiger charge is 2.29. The summed E-state index contributed by atoms with van der Waals surface area (Å²) in [5, 5.41) is 3.55. The largest absolute Gasteiger partial charge is 0.444 e. The van der Waals surface area contributed by atoms with E-state index < -0.39 is 5.60 Å². The van der Waals surface area contributed by atoms with E-state index in [-0.39, 0.29) is 6.09 Å². The number of carbonyl (C=O) groups is 1.